The van der Waals surface area contributed by atoms with Gasteiger partial charge in [-0.25, -0.2) is 0 Å². The average Bonchev–Trinajstić information content (AvgIpc) is 2.61. The molecule has 0 aliphatic rings. The van der Waals surface area contributed by atoms with Crippen LogP contribution in [0.1, 0.15) is 96.8 Å². The van der Waals surface area contributed by atoms with Crippen LogP contribution in [0.3, 0.4) is 0 Å². The van der Waals surface area contributed by atoms with Gasteiger partial charge in [-0.15, -0.1) is 0 Å². The van der Waals surface area contributed by atoms with E-state index in [1.165, 1.54) is 38.5 Å². The largest absolute Gasteiger partial charge is 0.480 e. The van der Waals surface area contributed by atoms with E-state index in [0.29, 0.717) is 12.8 Å². The van der Waals surface area contributed by atoms with Gasteiger partial charge >= 0.3 is 5.97 Å². The zero-order valence-electron chi connectivity index (χ0n) is 16.5. The molecule has 6 heteroatoms. The fourth-order valence-electron chi connectivity index (χ4n) is 2.78. The number of amides is 2. The Morgan fingerprint density at radius 1 is 0.654 bits per heavy atom. The van der Waals surface area contributed by atoms with Crippen LogP contribution in [0, 0.1) is 0 Å². The van der Waals surface area contributed by atoms with Crippen LogP contribution in [0.4, 0.5) is 0 Å². The zero-order chi connectivity index (χ0) is 19.5. The lowest BCUT2D eigenvalue weighted by Crippen LogP contribution is -2.28. The minimum Gasteiger partial charge on any atom is -0.480 e. The molecule has 6 nitrogen and oxygen atoms in total. The fourth-order valence-corrected chi connectivity index (χ4v) is 2.78. The second kappa shape index (κ2) is 18.2. The standard InChI is InChI=1S/C20H38N2O4/c1-2-16-21-18(23)14-12-10-8-6-4-3-5-7-9-11-13-15-19(24)22-17-20(25)26/h2-17H2,1H3,(H,21,23)(H,22,24)(H,25,26). The van der Waals surface area contributed by atoms with Crippen molar-refractivity contribution < 1.29 is 19.5 Å². The normalized spacial score (nSPS) is 10.5. The zero-order valence-corrected chi connectivity index (χ0v) is 16.5. The number of carboxylic acids is 1. The van der Waals surface area contributed by atoms with Gasteiger partial charge in [0.25, 0.3) is 0 Å². The summed E-state index contributed by atoms with van der Waals surface area (Å²) in [5.74, 6) is -0.989. The maximum Gasteiger partial charge on any atom is 0.322 e. The first-order valence-corrected chi connectivity index (χ1v) is 10.3. The molecule has 0 saturated heterocycles. The van der Waals surface area contributed by atoms with Gasteiger partial charge in [-0.05, 0) is 19.3 Å². The van der Waals surface area contributed by atoms with Crippen LogP contribution in [-0.2, 0) is 14.4 Å². The van der Waals surface area contributed by atoms with E-state index >= 15 is 0 Å². The van der Waals surface area contributed by atoms with Crippen molar-refractivity contribution in [3.8, 4) is 0 Å². The van der Waals surface area contributed by atoms with Crippen LogP contribution in [0.2, 0.25) is 0 Å². The highest BCUT2D eigenvalue weighted by Gasteiger charge is 2.03. The van der Waals surface area contributed by atoms with E-state index in [9.17, 15) is 14.4 Å². The van der Waals surface area contributed by atoms with Crippen LogP contribution in [0.15, 0.2) is 0 Å². The minimum atomic E-state index is -1.00. The molecule has 0 saturated carbocycles. The number of carboxylic acid groups (broad SMARTS) is 1. The summed E-state index contributed by atoms with van der Waals surface area (Å²) in [5, 5.41) is 13.7. The smallest absolute Gasteiger partial charge is 0.322 e. The molecule has 0 spiro atoms. The monoisotopic (exact) mass is 370 g/mol. The molecule has 0 aromatic rings. The highest BCUT2D eigenvalue weighted by Crippen LogP contribution is 2.12. The number of aliphatic carboxylic acids is 1. The summed E-state index contributed by atoms with van der Waals surface area (Å²) in [5.41, 5.74) is 0. The molecule has 0 unspecified atom stereocenters. The Bertz CT molecular complexity index is 386. The van der Waals surface area contributed by atoms with Gasteiger partial charge in [0.2, 0.25) is 11.8 Å². The maximum atomic E-state index is 11.4. The average molecular weight is 371 g/mol. The Hall–Kier alpha value is -1.59. The number of carbonyl (C=O) groups excluding carboxylic acids is 2. The Kier molecular flexibility index (Phi) is 17.1. The number of hydrogen-bond acceptors (Lipinski definition) is 3. The lowest BCUT2D eigenvalue weighted by atomic mass is 10.0. The second-order valence-corrected chi connectivity index (χ2v) is 6.91. The molecule has 0 aromatic heterocycles. The van der Waals surface area contributed by atoms with Gasteiger partial charge in [-0.3, -0.25) is 14.4 Å². The molecule has 0 fully saturated rings. The summed E-state index contributed by atoms with van der Waals surface area (Å²) < 4.78 is 0. The fraction of sp³-hybridized carbons (Fsp3) is 0.850. The van der Waals surface area contributed by atoms with Gasteiger partial charge < -0.3 is 15.7 Å². The van der Waals surface area contributed by atoms with Gasteiger partial charge in [0.15, 0.2) is 0 Å². The molecule has 0 rings (SSSR count). The van der Waals surface area contributed by atoms with Crippen molar-refractivity contribution in [1.82, 2.24) is 10.6 Å². The number of unbranched alkanes of at least 4 members (excludes halogenated alkanes) is 10. The SMILES string of the molecule is CCCNC(=O)CCCCCCCCCCCCCC(=O)NCC(=O)O. The molecular formula is C20H38N2O4. The molecule has 0 bridgehead atoms. The predicted octanol–water partition coefficient (Wildman–Crippen LogP) is 3.78. The van der Waals surface area contributed by atoms with Crippen molar-refractivity contribution >= 4 is 17.8 Å². The third-order valence-corrected chi connectivity index (χ3v) is 4.32. The Balaban J connectivity index is 3.19. The second-order valence-electron chi connectivity index (χ2n) is 6.91. The summed E-state index contributed by atoms with van der Waals surface area (Å²) in [6.07, 6.45) is 14.6. The van der Waals surface area contributed by atoms with Crippen molar-refractivity contribution in [3.05, 3.63) is 0 Å². The van der Waals surface area contributed by atoms with E-state index in [0.717, 1.165) is 45.1 Å². The lowest BCUT2D eigenvalue weighted by Gasteiger charge is -2.04. The number of rotatable bonds is 18. The molecule has 0 heterocycles. The van der Waals surface area contributed by atoms with Crippen molar-refractivity contribution in [1.29, 1.82) is 0 Å². The van der Waals surface area contributed by atoms with Crippen LogP contribution in [0.25, 0.3) is 0 Å². The van der Waals surface area contributed by atoms with E-state index in [4.69, 9.17) is 5.11 Å². The molecular weight excluding hydrogens is 332 g/mol. The first-order chi connectivity index (χ1) is 12.6. The molecule has 152 valence electrons. The number of nitrogens with one attached hydrogen (secondary N) is 2. The lowest BCUT2D eigenvalue weighted by molar-refractivity contribution is -0.138. The van der Waals surface area contributed by atoms with Crippen molar-refractivity contribution in [2.75, 3.05) is 13.1 Å². The van der Waals surface area contributed by atoms with E-state index in [2.05, 4.69) is 17.6 Å². The predicted molar refractivity (Wildman–Crippen MR) is 104 cm³/mol. The van der Waals surface area contributed by atoms with Gasteiger partial charge in [-0.2, -0.15) is 0 Å². The van der Waals surface area contributed by atoms with Crippen LogP contribution >= 0.6 is 0 Å². The van der Waals surface area contributed by atoms with Crippen molar-refractivity contribution in [2.24, 2.45) is 0 Å². The summed E-state index contributed by atoms with van der Waals surface area (Å²) >= 11 is 0. The van der Waals surface area contributed by atoms with Crippen LogP contribution in [-0.4, -0.2) is 36.0 Å². The minimum absolute atomic E-state index is 0.171. The Morgan fingerprint density at radius 2 is 1.04 bits per heavy atom. The summed E-state index contributed by atoms with van der Waals surface area (Å²) in [7, 11) is 0. The molecule has 0 atom stereocenters. The Morgan fingerprint density at radius 3 is 1.42 bits per heavy atom. The van der Waals surface area contributed by atoms with E-state index in [1.54, 1.807) is 0 Å². The van der Waals surface area contributed by atoms with Crippen molar-refractivity contribution in [2.45, 2.75) is 96.8 Å². The molecule has 3 N–H and O–H groups in total. The maximum absolute atomic E-state index is 11.4. The number of carbonyl (C=O) groups is 3. The van der Waals surface area contributed by atoms with Crippen LogP contribution < -0.4 is 10.6 Å². The third kappa shape index (κ3) is 18.7. The first-order valence-electron chi connectivity index (χ1n) is 10.3. The van der Waals surface area contributed by atoms with E-state index in [-0.39, 0.29) is 18.4 Å². The van der Waals surface area contributed by atoms with E-state index < -0.39 is 5.97 Å². The number of hydrogen-bond donors (Lipinski definition) is 3. The van der Waals surface area contributed by atoms with E-state index in [1.807, 2.05) is 0 Å². The van der Waals surface area contributed by atoms with Gasteiger partial charge in [0.1, 0.15) is 6.54 Å². The highest BCUT2D eigenvalue weighted by molar-refractivity contribution is 5.80. The molecule has 0 aliphatic carbocycles. The summed E-state index contributed by atoms with van der Waals surface area (Å²) in [6, 6.07) is 0. The Labute approximate surface area is 158 Å². The van der Waals surface area contributed by atoms with Crippen molar-refractivity contribution in [3.63, 3.8) is 0 Å². The molecule has 26 heavy (non-hydrogen) atoms. The third-order valence-electron chi connectivity index (χ3n) is 4.32. The molecule has 2 amide bonds. The van der Waals surface area contributed by atoms with Gasteiger partial charge in [-0.1, -0.05) is 64.7 Å². The molecule has 0 aromatic carbocycles. The van der Waals surface area contributed by atoms with Gasteiger partial charge in [0.05, 0.1) is 0 Å². The van der Waals surface area contributed by atoms with Gasteiger partial charge in [0, 0.05) is 19.4 Å². The summed E-state index contributed by atoms with van der Waals surface area (Å²) in [4.78, 5) is 33.1. The topological polar surface area (TPSA) is 95.5 Å². The van der Waals surface area contributed by atoms with Crippen LogP contribution in [0.5, 0.6) is 0 Å². The highest BCUT2D eigenvalue weighted by atomic mass is 16.4. The molecule has 0 aliphatic heterocycles. The first kappa shape index (κ1) is 24.4. The quantitative estimate of drug-likeness (QED) is 0.320. The summed E-state index contributed by atoms with van der Waals surface area (Å²) in [6.45, 7) is 2.56. The molecule has 0 radical (unpaired) electrons.